The molecule has 3 aromatic rings. The first kappa shape index (κ1) is 23.2. The number of ether oxygens (including phenoxy) is 1. The van der Waals surface area contributed by atoms with Gasteiger partial charge in [-0.2, -0.15) is 0 Å². The second-order valence-electron chi connectivity index (χ2n) is 9.93. The Bertz CT molecular complexity index is 1290. The van der Waals surface area contributed by atoms with Gasteiger partial charge in [0.1, 0.15) is 5.75 Å². The van der Waals surface area contributed by atoms with Crippen LogP contribution in [0.1, 0.15) is 47.7 Å². The van der Waals surface area contributed by atoms with Crippen molar-refractivity contribution < 1.29 is 9.53 Å². The fraction of sp³-hybridized carbons (Fsp3) is 0.281. The third kappa shape index (κ3) is 4.95. The summed E-state index contributed by atoms with van der Waals surface area (Å²) in [5, 5.41) is 0. The first-order valence-electron chi connectivity index (χ1n) is 12.5. The van der Waals surface area contributed by atoms with Crippen LogP contribution in [0.15, 0.2) is 96.1 Å². The molecule has 2 atom stereocenters. The lowest BCUT2D eigenvalue weighted by Gasteiger charge is -2.31. The topological polar surface area (TPSA) is 29.5 Å². The summed E-state index contributed by atoms with van der Waals surface area (Å²) in [6, 6.07) is 24.6. The van der Waals surface area contributed by atoms with Crippen molar-refractivity contribution in [2.45, 2.75) is 45.7 Å². The minimum atomic E-state index is 0.0612. The third-order valence-electron chi connectivity index (χ3n) is 7.26. The van der Waals surface area contributed by atoms with E-state index in [1.807, 2.05) is 36.4 Å². The predicted molar refractivity (Wildman–Crippen MR) is 142 cm³/mol. The molecule has 0 spiro atoms. The Morgan fingerprint density at radius 1 is 0.971 bits per heavy atom. The lowest BCUT2D eigenvalue weighted by molar-refractivity contribution is 0.0667. The van der Waals surface area contributed by atoms with Crippen LogP contribution in [-0.2, 0) is 6.54 Å². The summed E-state index contributed by atoms with van der Waals surface area (Å²) >= 11 is 0. The van der Waals surface area contributed by atoms with E-state index in [9.17, 15) is 4.79 Å². The number of methoxy groups -OCH3 is 1. The van der Waals surface area contributed by atoms with Gasteiger partial charge < -0.3 is 9.64 Å². The predicted octanol–water partition coefficient (Wildman–Crippen LogP) is 7.37. The molecule has 2 aliphatic rings. The van der Waals surface area contributed by atoms with E-state index >= 15 is 0 Å². The van der Waals surface area contributed by atoms with Crippen LogP contribution in [0.3, 0.4) is 0 Å². The number of hydrogen-bond acceptors (Lipinski definition) is 2. The number of hydrogen-bond donors (Lipinski definition) is 0. The average molecular weight is 464 g/mol. The zero-order valence-electron chi connectivity index (χ0n) is 20.8. The molecule has 3 aromatic carbocycles. The van der Waals surface area contributed by atoms with E-state index in [2.05, 4.69) is 67.3 Å². The van der Waals surface area contributed by atoms with E-state index < -0.39 is 0 Å². The van der Waals surface area contributed by atoms with Crippen LogP contribution < -0.4 is 4.74 Å². The highest BCUT2D eigenvalue weighted by Crippen LogP contribution is 2.39. The van der Waals surface area contributed by atoms with Crippen molar-refractivity contribution in [1.29, 1.82) is 0 Å². The van der Waals surface area contributed by atoms with Crippen LogP contribution in [0, 0.1) is 12.8 Å². The van der Waals surface area contributed by atoms with E-state index in [0.29, 0.717) is 23.8 Å². The molecule has 0 aliphatic heterocycles. The van der Waals surface area contributed by atoms with E-state index in [4.69, 9.17) is 4.74 Å². The number of carbonyl (C=O) groups is 1. The number of aryl methyl sites for hydroxylation is 1. The van der Waals surface area contributed by atoms with Crippen LogP contribution in [0.5, 0.6) is 5.75 Å². The summed E-state index contributed by atoms with van der Waals surface area (Å²) in [4.78, 5) is 16.5. The summed E-state index contributed by atoms with van der Waals surface area (Å²) in [6.07, 6.45) is 7.57. The van der Waals surface area contributed by atoms with Crippen LogP contribution in [0.25, 0.3) is 11.1 Å². The number of carbonyl (C=O) groups excluding carboxylic acids is 1. The zero-order chi connectivity index (χ0) is 24.4. The molecule has 0 radical (unpaired) electrons. The van der Waals surface area contributed by atoms with Crippen LogP contribution in [0.2, 0.25) is 0 Å². The van der Waals surface area contributed by atoms with E-state index in [-0.39, 0.29) is 11.9 Å². The molecule has 0 saturated heterocycles. The SMILES string of the molecule is COc1ccc(-c2ccccc2)c(C(=O)N(Cc2cccc(C)c2)C2CC3=C(CC(C)C=C3)C2)c1. The van der Waals surface area contributed by atoms with Crippen molar-refractivity contribution in [1.82, 2.24) is 4.90 Å². The molecule has 0 saturated carbocycles. The van der Waals surface area contributed by atoms with Gasteiger partial charge in [-0.25, -0.2) is 0 Å². The average Bonchev–Trinajstić information content (AvgIpc) is 3.30. The number of nitrogens with zero attached hydrogens (tertiary/aromatic N) is 1. The molecule has 0 heterocycles. The van der Waals surface area contributed by atoms with Gasteiger partial charge in [0.15, 0.2) is 0 Å². The fourth-order valence-electron chi connectivity index (χ4n) is 5.47. The Labute approximate surface area is 208 Å². The number of amides is 1. The smallest absolute Gasteiger partial charge is 0.255 e. The van der Waals surface area contributed by atoms with Crippen LogP contribution in [-0.4, -0.2) is 24.0 Å². The number of benzene rings is 3. The van der Waals surface area contributed by atoms with Crippen molar-refractivity contribution in [3.63, 3.8) is 0 Å². The van der Waals surface area contributed by atoms with Gasteiger partial charge in [0.05, 0.1) is 12.7 Å². The maximum absolute atomic E-state index is 14.4. The quantitative estimate of drug-likeness (QED) is 0.382. The molecule has 2 unspecified atom stereocenters. The molecule has 0 fully saturated rings. The lowest BCUT2D eigenvalue weighted by atomic mass is 9.92. The molecule has 5 rings (SSSR count). The number of rotatable bonds is 6. The largest absolute Gasteiger partial charge is 0.497 e. The summed E-state index contributed by atoms with van der Waals surface area (Å²) in [5.74, 6) is 1.33. The van der Waals surface area contributed by atoms with Crippen molar-refractivity contribution in [3.8, 4) is 16.9 Å². The molecule has 2 aliphatic carbocycles. The van der Waals surface area contributed by atoms with Gasteiger partial charge in [-0.15, -0.1) is 0 Å². The normalized spacial score (nSPS) is 18.9. The van der Waals surface area contributed by atoms with E-state index in [1.165, 1.54) is 16.7 Å². The molecule has 3 nitrogen and oxygen atoms in total. The minimum absolute atomic E-state index is 0.0612. The molecular formula is C32H33NO2. The highest BCUT2D eigenvalue weighted by molar-refractivity contribution is 6.01. The molecular weight excluding hydrogens is 430 g/mol. The van der Waals surface area contributed by atoms with Gasteiger partial charge in [0, 0.05) is 12.6 Å². The Balaban J connectivity index is 1.54. The zero-order valence-corrected chi connectivity index (χ0v) is 20.8. The monoisotopic (exact) mass is 463 g/mol. The molecule has 0 aromatic heterocycles. The Morgan fingerprint density at radius 3 is 2.57 bits per heavy atom. The highest BCUT2D eigenvalue weighted by atomic mass is 16.5. The Kier molecular flexibility index (Phi) is 6.59. The first-order valence-corrected chi connectivity index (χ1v) is 12.5. The Hall–Kier alpha value is -3.59. The van der Waals surface area contributed by atoms with E-state index in [0.717, 1.165) is 36.0 Å². The van der Waals surface area contributed by atoms with Crippen LogP contribution in [0.4, 0.5) is 0 Å². The third-order valence-corrected chi connectivity index (χ3v) is 7.26. The molecule has 35 heavy (non-hydrogen) atoms. The second kappa shape index (κ2) is 9.95. The van der Waals surface area contributed by atoms with E-state index in [1.54, 1.807) is 7.11 Å². The van der Waals surface area contributed by atoms with Gasteiger partial charge >= 0.3 is 0 Å². The summed E-state index contributed by atoms with van der Waals surface area (Å²) < 4.78 is 5.54. The minimum Gasteiger partial charge on any atom is -0.497 e. The lowest BCUT2D eigenvalue weighted by Crippen LogP contribution is -2.39. The molecule has 0 bridgehead atoms. The summed E-state index contributed by atoms with van der Waals surface area (Å²) in [6.45, 7) is 4.97. The fourth-order valence-corrected chi connectivity index (χ4v) is 5.47. The van der Waals surface area contributed by atoms with Crippen molar-refractivity contribution >= 4 is 5.91 Å². The maximum atomic E-state index is 14.4. The highest BCUT2D eigenvalue weighted by Gasteiger charge is 2.33. The first-order chi connectivity index (χ1) is 17.0. The molecule has 0 N–H and O–H groups in total. The summed E-state index contributed by atoms with van der Waals surface area (Å²) in [5.41, 5.74) is 7.98. The van der Waals surface area contributed by atoms with Crippen molar-refractivity contribution in [2.24, 2.45) is 5.92 Å². The maximum Gasteiger partial charge on any atom is 0.255 e. The Morgan fingerprint density at radius 2 is 1.80 bits per heavy atom. The molecule has 3 heteroatoms. The second-order valence-corrected chi connectivity index (χ2v) is 9.93. The van der Waals surface area contributed by atoms with Gasteiger partial charge in [-0.3, -0.25) is 4.79 Å². The summed E-state index contributed by atoms with van der Waals surface area (Å²) in [7, 11) is 1.65. The van der Waals surface area contributed by atoms with Gasteiger partial charge in [-0.05, 0) is 72.6 Å². The van der Waals surface area contributed by atoms with Gasteiger partial charge in [0.25, 0.3) is 5.91 Å². The standard InChI is InChI=1S/C32H33NO2/c1-22-8-7-9-24(16-22)21-33(28-18-26-13-12-23(2)17-27(26)19-28)32(34)31-20-29(35-3)14-15-30(31)25-10-5-4-6-11-25/h4-16,20,23,28H,17-19,21H2,1-3H3. The van der Waals surface area contributed by atoms with Gasteiger partial charge in [-0.1, -0.05) is 84.8 Å². The number of allylic oxidation sites excluding steroid dienone is 2. The van der Waals surface area contributed by atoms with Crippen LogP contribution >= 0.6 is 0 Å². The van der Waals surface area contributed by atoms with Crippen molar-refractivity contribution in [2.75, 3.05) is 7.11 Å². The van der Waals surface area contributed by atoms with Crippen molar-refractivity contribution in [3.05, 3.63) is 113 Å². The molecule has 1 amide bonds. The van der Waals surface area contributed by atoms with Gasteiger partial charge in [0.2, 0.25) is 0 Å². The molecule has 178 valence electrons.